The standard InChI is InChI=1S/C12H17N5/c1-10(13)12-14-15-16-17(12)9-5-8-11-6-3-2-4-7-11/h2-4,6-7,10H,5,8-9,13H2,1H3. The van der Waals surface area contributed by atoms with E-state index in [4.69, 9.17) is 5.73 Å². The second-order valence-electron chi connectivity index (χ2n) is 4.14. The van der Waals surface area contributed by atoms with Crippen molar-refractivity contribution < 1.29 is 0 Å². The Labute approximate surface area is 101 Å². The van der Waals surface area contributed by atoms with E-state index in [1.807, 2.05) is 13.0 Å². The molecule has 0 bridgehead atoms. The van der Waals surface area contributed by atoms with Crippen LogP contribution in [0.25, 0.3) is 0 Å². The SMILES string of the molecule is CC(N)c1nnnn1CCCc1ccccc1. The highest BCUT2D eigenvalue weighted by molar-refractivity contribution is 5.14. The number of rotatable bonds is 5. The Morgan fingerprint density at radius 3 is 2.76 bits per heavy atom. The monoisotopic (exact) mass is 231 g/mol. The summed E-state index contributed by atoms with van der Waals surface area (Å²) < 4.78 is 1.79. The van der Waals surface area contributed by atoms with E-state index in [0.717, 1.165) is 25.2 Å². The van der Waals surface area contributed by atoms with Gasteiger partial charge in [0.15, 0.2) is 5.82 Å². The van der Waals surface area contributed by atoms with Crippen LogP contribution in [-0.4, -0.2) is 20.2 Å². The number of hydrogen-bond acceptors (Lipinski definition) is 4. The van der Waals surface area contributed by atoms with Gasteiger partial charge in [0, 0.05) is 6.54 Å². The van der Waals surface area contributed by atoms with Crippen molar-refractivity contribution in [2.24, 2.45) is 5.73 Å². The van der Waals surface area contributed by atoms with Crippen LogP contribution in [0.1, 0.15) is 30.8 Å². The second-order valence-corrected chi connectivity index (χ2v) is 4.14. The minimum atomic E-state index is -0.123. The Morgan fingerprint density at radius 2 is 2.06 bits per heavy atom. The summed E-state index contributed by atoms with van der Waals surface area (Å²) in [5.41, 5.74) is 7.11. The molecule has 90 valence electrons. The summed E-state index contributed by atoms with van der Waals surface area (Å²) in [6.45, 7) is 2.69. The first kappa shape index (κ1) is 11.7. The van der Waals surface area contributed by atoms with E-state index in [9.17, 15) is 0 Å². The van der Waals surface area contributed by atoms with Gasteiger partial charge in [-0.15, -0.1) is 5.10 Å². The van der Waals surface area contributed by atoms with Crippen molar-refractivity contribution in [1.29, 1.82) is 0 Å². The largest absolute Gasteiger partial charge is 0.322 e. The molecule has 0 saturated heterocycles. The number of aryl methyl sites for hydroxylation is 2. The molecule has 0 aliphatic carbocycles. The van der Waals surface area contributed by atoms with Crippen LogP contribution in [0, 0.1) is 0 Å². The Morgan fingerprint density at radius 1 is 1.29 bits per heavy atom. The van der Waals surface area contributed by atoms with Crippen LogP contribution in [0.5, 0.6) is 0 Å². The van der Waals surface area contributed by atoms with Crippen molar-refractivity contribution in [3.63, 3.8) is 0 Å². The molecule has 0 aliphatic heterocycles. The predicted octanol–water partition coefficient (Wildman–Crippen LogP) is 1.33. The number of benzene rings is 1. The van der Waals surface area contributed by atoms with Crippen LogP contribution in [0.2, 0.25) is 0 Å². The lowest BCUT2D eigenvalue weighted by Gasteiger charge is -2.06. The Hall–Kier alpha value is -1.75. The van der Waals surface area contributed by atoms with Crippen molar-refractivity contribution in [3.8, 4) is 0 Å². The second kappa shape index (κ2) is 5.54. The lowest BCUT2D eigenvalue weighted by molar-refractivity contribution is 0.521. The average Bonchev–Trinajstić information content (AvgIpc) is 2.79. The molecule has 1 aromatic carbocycles. The highest BCUT2D eigenvalue weighted by Crippen LogP contribution is 2.07. The molecule has 0 amide bonds. The third-order valence-electron chi connectivity index (χ3n) is 2.65. The van der Waals surface area contributed by atoms with Gasteiger partial charge in [-0.2, -0.15) is 0 Å². The molecule has 17 heavy (non-hydrogen) atoms. The molecule has 1 unspecified atom stereocenters. The lowest BCUT2D eigenvalue weighted by Crippen LogP contribution is -2.15. The summed E-state index contributed by atoms with van der Waals surface area (Å²) in [6, 6.07) is 10.3. The molecule has 1 aromatic heterocycles. The number of tetrazole rings is 1. The normalized spacial score (nSPS) is 12.6. The summed E-state index contributed by atoms with van der Waals surface area (Å²) in [6.07, 6.45) is 2.04. The number of aromatic nitrogens is 4. The molecule has 2 N–H and O–H groups in total. The molecular formula is C12H17N5. The maximum atomic E-state index is 5.78. The fraction of sp³-hybridized carbons (Fsp3) is 0.417. The van der Waals surface area contributed by atoms with Crippen molar-refractivity contribution in [2.75, 3.05) is 0 Å². The molecule has 1 atom stereocenters. The molecule has 0 fully saturated rings. The average molecular weight is 231 g/mol. The molecule has 2 aromatic rings. The summed E-state index contributed by atoms with van der Waals surface area (Å²) >= 11 is 0. The van der Waals surface area contributed by atoms with Crippen LogP contribution in [0.4, 0.5) is 0 Å². The molecule has 0 saturated carbocycles. The van der Waals surface area contributed by atoms with Crippen LogP contribution >= 0.6 is 0 Å². The van der Waals surface area contributed by atoms with Crippen LogP contribution < -0.4 is 5.73 Å². The summed E-state index contributed by atoms with van der Waals surface area (Å²) in [5.74, 6) is 0.748. The van der Waals surface area contributed by atoms with Crippen molar-refractivity contribution >= 4 is 0 Å². The molecular weight excluding hydrogens is 214 g/mol. The molecule has 1 heterocycles. The van der Waals surface area contributed by atoms with Gasteiger partial charge in [0.25, 0.3) is 0 Å². The maximum Gasteiger partial charge on any atom is 0.167 e. The van der Waals surface area contributed by atoms with Gasteiger partial charge < -0.3 is 5.73 Å². The maximum absolute atomic E-state index is 5.78. The number of nitrogens with two attached hydrogens (primary N) is 1. The minimum absolute atomic E-state index is 0.123. The van der Waals surface area contributed by atoms with Crippen molar-refractivity contribution in [2.45, 2.75) is 32.4 Å². The third-order valence-corrected chi connectivity index (χ3v) is 2.65. The number of hydrogen-bond donors (Lipinski definition) is 1. The lowest BCUT2D eigenvalue weighted by atomic mass is 10.1. The fourth-order valence-electron chi connectivity index (χ4n) is 1.77. The van der Waals surface area contributed by atoms with Gasteiger partial charge in [0.1, 0.15) is 0 Å². The molecule has 2 rings (SSSR count). The topological polar surface area (TPSA) is 69.6 Å². The summed E-state index contributed by atoms with van der Waals surface area (Å²) in [4.78, 5) is 0. The zero-order valence-corrected chi connectivity index (χ0v) is 9.95. The van der Waals surface area contributed by atoms with Gasteiger partial charge in [-0.3, -0.25) is 0 Å². The third kappa shape index (κ3) is 3.10. The van der Waals surface area contributed by atoms with E-state index in [1.165, 1.54) is 5.56 Å². The highest BCUT2D eigenvalue weighted by atomic mass is 15.5. The fourth-order valence-corrected chi connectivity index (χ4v) is 1.77. The van der Waals surface area contributed by atoms with Gasteiger partial charge in [0.2, 0.25) is 0 Å². The first-order valence-corrected chi connectivity index (χ1v) is 5.83. The van der Waals surface area contributed by atoms with Gasteiger partial charge in [0.05, 0.1) is 6.04 Å². The van der Waals surface area contributed by atoms with E-state index in [1.54, 1.807) is 4.68 Å². The number of nitrogens with zero attached hydrogens (tertiary/aromatic N) is 4. The van der Waals surface area contributed by atoms with E-state index in [-0.39, 0.29) is 6.04 Å². The molecule has 5 heteroatoms. The van der Waals surface area contributed by atoms with E-state index in [0.29, 0.717) is 0 Å². The Kier molecular flexibility index (Phi) is 3.82. The summed E-state index contributed by atoms with van der Waals surface area (Å²) in [5, 5.41) is 11.5. The quantitative estimate of drug-likeness (QED) is 0.842. The molecule has 5 nitrogen and oxygen atoms in total. The van der Waals surface area contributed by atoms with Crippen molar-refractivity contribution in [1.82, 2.24) is 20.2 Å². The smallest absolute Gasteiger partial charge is 0.167 e. The first-order chi connectivity index (χ1) is 8.27. The van der Waals surface area contributed by atoms with Gasteiger partial charge in [-0.05, 0) is 35.8 Å². The van der Waals surface area contributed by atoms with Gasteiger partial charge >= 0.3 is 0 Å². The van der Waals surface area contributed by atoms with Crippen LogP contribution in [0.3, 0.4) is 0 Å². The zero-order chi connectivity index (χ0) is 12.1. The zero-order valence-electron chi connectivity index (χ0n) is 9.95. The predicted molar refractivity (Wildman–Crippen MR) is 65.2 cm³/mol. The van der Waals surface area contributed by atoms with Crippen LogP contribution in [0.15, 0.2) is 30.3 Å². The molecule has 0 radical (unpaired) electrons. The first-order valence-electron chi connectivity index (χ1n) is 5.83. The van der Waals surface area contributed by atoms with E-state index in [2.05, 4.69) is 39.8 Å². The highest BCUT2D eigenvalue weighted by Gasteiger charge is 2.09. The Bertz CT molecular complexity index is 449. The molecule has 0 spiro atoms. The van der Waals surface area contributed by atoms with Crippen LogP contribution in [-0.2, 0) is 13.0 Å². The Balaban J connectivity index is 1.88. The summed E-state index contributed by atoms with van der Waals surface area (Å²) in [7, 11) is 0. The van der Waals surface area contributed by atoms with E-state index >= 15 is 0 Å². The van der Waals surface area contributed by atoms with E-state index < -0.39 is 0 Å². The van der Waals surface area contributed by atoms with Gasteiger partial charge in [-0.25, -0.2) is 4.68 Å². The molecule has 0 aliphatic rings. The minimum Gasteiger partial charge on any atom is -0.322 e. The van der Waals surface area contributed by atoms with Crippen molar-refractivity contribution in [3.05, 3.63) is 41.7 Å². The van der Waals surface area contributed by atoms with Gasteiger partial charge in [-0.1, -0.05) is 30.3 Å².